The van der Waals surface area contributed by atoms with E-state index in [-0.39, 0.29) is 12.4 Å². The minimum Gasteiger partial charge on any atom is -0.492 e. The summed E-state index contributed by atoms with van der Waals surface area (Å²) in [4.78, 5) is 0. The van der Waals surface area contributed by atoms with Crippen LogP contribution in [0.1, 0.15) is 18.4 Å². The fraction of sp³-hybridized carbons (Fsp3) is 0.467. The van der Waals surface area contributed by atoms with Crippen molar-refractivity contribution in [3.63, 3.8) is 0 Å². The van der Waals surface area contributed by atoms with Crippen LogP contribution >= 0.6 is 0 Å². The Morgan fingerprint density at radius 1 is 1.37 bits per heavy atom. The SMILES string of the molecule is NCC#Cc1ccc(F)cc1OCC1CCOCC1. The molecule has 2 rings (SSSR count). The topological polar surface area (TPSA) is 44.5 Å². The van der Waals surface area contributed by atoms with Gasteiger partial charge in [0.15, 0.2) is 0 Å². The molecule has 0 unspecified atom stereocenters. The third kappa shape index (κ3) is 4.23. The Morgan fingerprint density at radius 3 is 2.89 bits per heavy atom. The highest BCUT2D eigenvalue weighted by atomic mass is 19.1. The monoisotopic (exact) mass is 263 g/mol. The fourth-order valence-electron chi connectivity index (χ4n) is 1.99. The average molecular weight is 263 g/mol. The summed E-state index contributed by atoms with van der Waals surface area (Å²) >= 11 is 0. The van der Waals surface area contributed by atoms with Crippen molar-refractivity contribution in [2.45, 2.75) is 12.8 Å². The summed E-state index contributed by atoms with van der Waals surface area (Å²) in [7, 11) is 0. The molecule has 1 aliphatic rings. The maximum Gasteiger partial charge on any atom is 0.137 e. The van der Waals surface area contributed by atoms with Gasteiger partial charge in [-0.05, 0) is 30.9 Å². The van der Waals surface area contributed by atoms with E-state index >= 15 is 0 Å². The van der Waals surface area contributed by atoms with Crippen molar-refractivity contribution in [1.29, 1.82) is 0 Å². The lowest BCUT2D eigenvalue weighted by atomic mass is 10.0. The number of ether oxygens (including phenoxy) is 2. The van der Waals surface area contributed by atoms with Crippen molar-refractivity contribution >= 4 is 0 Å². The van der Waals surface area contributed by atoms with Crippen molar-refractivity contribution in [3.05, 3.63) is 29.6 Å². The average Bonchev–Trinajstić information content (AvgIpc) is 2.45. The van der Waals surface area contributed by atoms with Crippen molar-refractivity contribution in [2.75, 3.05) is 26.4 Å². The van der Waals surface area contributed by atoms with E-state index in [0.717, 1.165) is 26.1 Å². The molecule has 0 bridgehead atoms. The third-order valence-electron chi connectivity index (χ3n) is 3.08. The van der Waals surface area contributed by atoms with Crippen molar-refractivity contribution < 1.29 is 13.9 Å². The predicted molar refractivity (Wildman–Crippen MR) is 71.4 cm³/mol. The van der Waals surface area contributed by atoms with Gasteiger partial charge in [0, 0.05) is 19.3 Å². The van der Waals surface area contributed by atoms with Gasteiger partial charge >= 0.3 is 0 Å². The van der Waals surface area contributed by atoms with Gasteiger partial charge in [-0.15, -0.1) is 0 Å². The number of hydrogen-bond donors (Lipinski definition) is 1. The Kier molecular flexibility index (Phi) is 5.20. The Bertz CT molecular complexity index is 473. The predicted octanol–water partition coefficient (Wildman–Crippen LogP) is 1.94. The second kappa shape index (κ2) is 7.13. The second-order valence-corrected chi connectivity index (χ2v) is 4.51. The lowest BCUT2D eigenvalue weighted by Crippen LogP contribution is -2.21. The van der Waals surface area contributed by atoms with Gasteiger partial charge in [0.25, 0.3) is 0 Å². The normalized spacial score (nSPS) is 15.7. The van der Waals surface area contributed by atoms with Crippen LogP contribution in [-0.2, 0) is 4.74 Å². The van der Waals surface area contributed by atoms with E-state index < -0.39 is 0 Å². The number of hydrogen-bond acceptors (Lipinski definition) is 3. The highest BCUT2D eigenvalue weighted by Gasteiger charge is 2.15. The summed E-state index contributed by atoms with van der Waals surface area (Å²) in [6, 6.07) is 4.37. The maximum absolute atomic E-state index is 13.3. The molecule has 3 nitrogen and oxygen atoms in total. The van der Waals surface area contributed by atoms with Gasteiger partial charge in [0.2, 0.25) is 0 Å². The smallest absolute Gasteiger partial charge is 0.137 e. The quantitative estimate of drug-likeness (QED) is 0.848. The molecule has 2 N–H and O–H groups in total. The molecule has 1 aromatic rings. The van der Waals surface area contributed by atoms with Crippen LogP contribution in [0.3, 0.4) is 0 Å². The number of benzene rings is 1. The molecule has 1 saturated heterocycles. The summed E-state index contributed by atoms with van der Waals surface area (Å²) in [6.45, 7) is 2.40. The van der Waals surface area contributed by atoms with Crippen LogP contribution < -0.4 is 10.5 Å². The van der Waals surface area contributed by atoms with Crippen LogP contribution in [0, 0.1) is 23.6 Å². The van der Waals surface area contributed by atoms with Gasteiger partial charge in [-0.2, -0.15) is 0 Å². The van der Waals surface area contributed by atoms with Gasteiger partial charge in [-0.3, -0.25) is 0 Å². The molecule has 0 aliphatic carbocycles. The summed E-state index contributed by atoms with van der Waals surface area (Å²) in [6.07, 6.45) is 1.97. The van der Waals surface area contributed by atoms with Crippen molar-refractivity contribution in [3.8, 4) is 17.6 Å². The van der Waals surface area contributed by atoms with Crippen LogP contribution in [0.15, 0.2) is 18.2 Å². The third-order valence-corrected chi connectivity index (χ3v) is 3.08. The molecule has 0 amide bonds. The lowest BCUT2D eigenvalue weighted by molar-refractivity contribution is 0.0497. The number of nitrogens with two attached hydrogens (primary N) is 1. The van der Waals surface area contributed by atoms with Gasteiger partial charge < -0.3 is 15.2 Å². The van der Waals surface area contributed by atoms with E-state index in [9.17, 15) is 4.39 Å². The molecule has 1 heterocycles. The van der Waals surface area contributed by atoms with E-state index in [0.29, 0.717) is 23.8 Å². The second-order valence-electron chi connectivity index (χ2n) is 4.51. The number of rotatable bonds is 3. The zero-order valence-electron chi connectivity index (χ0n) is 10.8. The van der Waals surface area contributed by atoms with Gasteiger partial charge in [0.05, 0.1) is 18.7 Å². The zero-order chi connectivity index (χ0) is 13.5. The molecule has 0 atom stereocenters. The molecule has 1 aromatic carbocycles. The highest BCUT2D eigenvalue weighted by molar-refractivity contribution is 5.46. The van der Waals surface area contributed by atoms with Gasteiger partial charge in [-0.1, -0.05) is 11.8 Å². The summed E-state index contributed by atoms with van der Waals surface area (Å²) < 4.78 is 24.3. The molecule has 0 aromatic heterocycles. The fourth-order valence-corrected chi connectivity index (χ4v) is 1.99. The number of halogens is 1. The molecule has 1 fully saturated rings. The minimum atomic E-state index is -0.319. The van der Waals surface area contributed by atoms with Crippen LogP contribution in [0.5, 0.6) is 5.75 Å². The Hall–Kier alpha value is -1.57. The standard InChI is InChI=1S/C15H18FNO2/c16-14-4-3-13(2-1-7-17)15(10-14)19-11-12-5-8-18-9-6-12/h3-4,10,12H,5-9,11,17H2. The van der Waals surface area contributed by atoms with Crippen LogP contribution in [0.25, 0.3) is 0 Å². The van der Waals surface area contributed by atoms with E-state index in [1.165, 1.54) is 12.1 Å². The Labute approximate surface area is 112 Å². The van der Waals surface area contributed by atoms with E-state index in [2.05, 4.69) is 11.8 Å². The molecule has 0 spiro atoms. The lowest BCUT2D eigenvalue weighted by Gasteiger charge is -2.22. The molecule has 102 valence electrons. The van der Waals surface area contributed by atoms with Gasteiger partial charge in [-0.25, -0.2) is 4.39 Å². The molecule has 4 heteroatoms. The minimum absolute atomic E-state index is 0.275. The first-order chi connectivity index (χ1) is 9.29. The molecule has 0 radical (unpaired) electrons. The summed E-state index contributed by atoms with van der Waals surface area (Å²) in [5.41, 5.74) is 6.02. The van der Waals surface area contributed by atoms with E-state index in [1.54, 1.807) is 6.07 Å². The van der Waals surface area contributed by atoms with Crippen LogP contribution in [0.2, 0.25) is 0 Å². The molecular weight excluding hydrogens is 245 g/mol. The van der Waals surface area contributed by atoms with Gasteiger partial charge in [0.1, 0.15) is 11.6 Å². The maximum atomic E-state index is 13.3. The first-order valence-electron chi connectivity index (χ1n) is 6.48. The van der Waals surface area contributed by atoms with Crippen molar-refractivity contribution in [2.24, 2.45) is 11.7 Å². The first kappa shape index (κ1) is 13.9. The Morgan fingerprint density at radius 2 is 2.16 bits per heavy atom. The Balaban J connectivity index is 2.02. The largest absolute Gasteiger partial charge is 0.492 e. The molecular formula is C15H18FNO2. The van der Waals surface area contributed by atoms with E-state index in [1.807, 2.05) is 0 Å². The summed E-state index contributed by atoms with van der Waals surface area (Å²) in [5.74, 6) is 6.29. The molecule has 0 saturated carbocycles. The highest BCUT2D eigenvalue weighted by Crippen LogP contribution is 2.22. The molecule has 1 aliphatic heterocycles. The van der Waals surface area contributed by atoms with Crippen molar-refractivity contribution in [1.82, 2.24) is 0 Å². The first-order valence-corrected chi connectivity index (χ1v) is 6.48. The van der Waals surface area contributed by atoms with Crippen LogP contribution in [0.4, 0.5) is 4.39 Å². The zero-order valence-corrected chi connectivity index (χ0v) is 10.8. The summed E-state index contributed by atoms with van der Waals surface area (Å²) in [5, 5.41) is 0. The van der Waals surface area contributed by atoms with E-state index in [4.69, 9.17) is 15.2 Å². The molecule has 19 heavy (non-hydrogen) atoms. The van der Waals surface area contributed by atoms with Crippen LogP contribution in [-0.4, -0.2) is 26.4 Å².